The molecule has 1 atom stereocenters. The Morgan fingerprint density at radius 2 is 2.24 bits per heavy atom. The van der Waals surface area contributed by atoms with Crippen molar-refractivity contribution in [2.45, 2.75) is 12.8 Å². The molecule has 0 aromatic carbocycles. The first-order valence-corrected chi connectivity index (χ1v) is 7.79. The second kappa shape index (κ2) is 5.60. The van der Waals surface area contributed by atoms with E-state index in [0.717, 1.165) is 11.3 Å². The Labute approximate surface area is 128 Å². The SMILES string of the molecule is Cc1csc(C(C#N)C(=O)c2csc(-c3ccoc3)n2)n1. The minimum atomic E-state index is -0.900. The van der Waals surface area contributed by atoms with E-state index in [1.807, 2.05) is 18.4 Å². The fraction of sp³-hybridized carbons (Fsp3) is 0.143. The lowest BCUT2D eigenvalue weighted by Gasteiger charge is -2.01. The van der Waals surface area contributed by atoms with Gasteiger partial charge in [0.1, 0.15) is 22.0 Å². The molecule has 3 rings (SSSR count). The van der Waals surface area contributed by atoms with Crippen molar-refractivity contribution in [2.75, 3.05) is 0 Å². The van der Waals surface area contributed by atoms with E-state index in [0.29, 0.717) is 10.0 Å². The molecule has 0 aliphatic heterocycles. The van der Waals surface area contributed by atoms with Gasteiger partial charge in [0, 0.05) is 22.0 Å². The molecule has 0 aliphatic rings. The number of nitrogens with zero attached hydrogens (tertiary/aromatic N) is 3. The van der Waals surface area contributed by atoms with Gasteiger partial charge in [-0.25, -0.2) is 9.97 Å². The molecule has 104 valence electrons. The summed E-state index contributed by atoms with van der Waals surface area (Å²) in [6.45, 7) is 1.83. The van der Waals surface area contributed by atoms with Crippen molar-refractivity contribution in [1.82, 2.24) is 9.97 Å². The van der Waals surface area contributed by atoms with Crippen LogP contribution in [0.1, 0.15) is 27.1 Å². The first kappa shape index (κ1) is 13.7. The number of ketones is 1. The van der Waals surface area contributed by atoms with E-state index in [1.165, 1.54) is 22.7 Å². The number of Topliss-reactive ketones (excluding diaryl/α,β-unsaturated/α-hetero) is 1. The third-order valence-electron chi connectivity index (χ3n) is 2.80. The van der Waals surface area contributed by atoms with E-state index in [2.05, 4.69) is 9.97 Å². The van der Waals surface area contributed by atoms with Gasteiger partial charge >= 0.3 is 0 Å². The summed E-state index contributed by atoms with van der Waals surface area (Å²) in [5.74, 6) is -1.22. The highest BCUT2D eigenvalue weighted by atomic mass is 32.1. The summed E-state index contributed by atoms with van der Waals surface area (Å²) in [6, 6.07) is 3.80. The van der Waals surface area contributed by atoms with Gasteiger partial charge < -0.3 is 4.42 Å². The van der Waals surface area contributed by atoms with Gasteiger partial charge in [0.2, 0.25) is 5.78 Å². The maximum Gasteiger partial charge on any atom is 0.206 e. The first-order valence-electron chi connectivity index (χ1n) is 6.03. The fourth-order valence-electron chi connectivity index (χ4n) is 1.78. The predicted molar refractivity (Wildman–Crippen MR) is 79.4 cm³/mol. The maximum atomic E-state index is 12.4. The largest absolute Gasteiger partial charge is 0.472 e. The number of furan rings is 1. The van der Waals surface area contributed by atoms with Crippen molar-refractivity contribution in [2.24, 2.45) is 0 Å². The van der Waals surface area contributed by atoms with Crippen LogP contribution in [0, 0.1) is 18.3 Å². The van der Waals surface area contributed by atoms with Crippen molar-refractivity contribution in [3.63, 3.8) is 0 Å². The second-order valence-electron chi connectivity index (χ2n) is 4.30. The zero-order chi connectivity index (χ0) is 14.8. The predicted octanol–water partition coefficient (Wildman–Crippen LogP) is 3.66. The number of carbonyl (C=O) groups excluding carboxylic acids is 1. The Balaban J connectivity index is 1.89. The van der Waals surface area contributed by atoms with Gasteiger partial charge in [0.15, 0.2) is 5.92 Å². The van der Waals surface area contributed by atoms with Crippen LogP contribution in [0.3, 0.4) is 0 Å². The number of hydrogen-bond donors (Lipinski definition) is 0. The van der Waals surface area contributed by atoms with Crippen molar-refractivity contribution < 1.29 is 9.21 Å². The number of hydrogen-bond acceptors (Lipinski definition) is 7. The number of carbonyl (C=O) groups is 1. The van der Waals surface area contributed by atoms with E-state index in [-0.39, 0.29) is 11.5 Å². The number of nitriles is 1. The van der Waals surface area contributed by atoms with Gasteiger partial charge in [-0.15, -0.1) is 22.7 Å². The number of aryl methyl sites for hydroxylation is 1. The van der Waals surface area contributed by atoms with Crippen molar-refractivity contribution in [3.8, 4) is 16.6 Å². The molecule has 0 N–H and O–H groups in total. The van der Waals surface area contributed by atoms with Crippen LogP contribution in [0.4, 0.5) is 0 Å². The normalized spacial score (nSPS) is 12.0. The molecule has 0 saturated heterocycles. The molecule has 3 aromatic heterocycles. The number of thiazole rings is 2. The summed E-state index contributed by atoms with van der Waals surface area (Å²) in [4.78, 5) is 20.9. The highest BCUT2D eigenvalue weighted by molar-refractivity contribution is 7.13. The lowest BCUT2D eigenvalue weighted by Crippen LogP contribution is -2.11. The lowest BCUT2D eigenvalue weighted by atomic mass is 10.1. The molecule has 0 radical (unpaired) electrons. The van der Waals surface area contributed by atoms with Crippen LogP contribution >= 0.6 is 22.7 Å². The molecular weight excluding hydrogens is 306 g/mol. The Kier molecular flexibility index (Phi) is 3.64. The number of aromatic nitrogens is 2. The summed E-state index contributed by atoms with van der Waals surface area (Å²) < 4.78 is 5.00. The molecule has 3 heterocycles. The molecule has 0 amide bonds. The van der Waals surface area contributed by atoms with Crippen LogP contribution < -0.4 is 0 Å². The summed E-state index contributed by atoms with van der Waals surface area (Å²) in [5, 5.41) is 14.0. The standard InChI is InChI=1S/C14H9N3O2S2/c1-8-6-20-14(16-8)10(4-15)12(18)11-7-21-13(17-11)9-2-3-19-5-9/h2-3,5-7,10H,1H3. The Hall–Kier alpha value is -2.30. The van der Waals surface area contributed by atoms with Crippen molar-refractivity contribution >= 4 is 28.5 Å². The van der Waals surface area contributed by atoms with Gasteiger partial charge in [-0.3, -0.25) is 4.79 Å². The smallest absolute Gasteiger partial charge is 0.206 e. The van der Waals surface area contributed by atoms with Crippen LogP contribution in [-0.4, -0.2) is 15.8 Å². The topological polar surface area (TPSA) is 79.8 Å². The minimum Gasteiger partial charge on any atom is -0.472 e. The van der Waals surface area contributed by atoms with Crippen molar-refractivity contribution in [3.05, 3.63) is 45.7 Å². The highest BCUT2D eigenvalue weighted by Gasteiger charge is 2.26. The molecule has 0 fully saturated rings. The highest BCUT2D eigenvalue weighted by Crippen LogP contribution is 2.28. The first-order chi connectivity index (χ1) is 10.2. The summed E-state index contributed by atoms with van der Waals surface area (Å²) in [5.41, 5.74) is 1.91. The van der Waals surface area contributed by atoms with E-state index < -0.39 is 5.92 Å². The molecule has 0 saturated carbocycles. The quantitative estimate of drug-likeness (QED) is 0.686. The van der Waals surface area contributed by atoms with E-state index >= 15 is 0 Å². The lowest BCUT2D eigenvalue weighted by molar-refractivity contribution is 0.0974. The zero-order valence-corrected chi connectivity index (χ0v) is 12.6. The van der Waals surface area contributed by atoms with Crippen LogP contribution in [0.15, 0.2) is 33.8 Å². The molecule has 7 heteroatoms. The summed E-state index contributed by atoms with van der Waals surface area (Å²) in [7, 11) is 0. The number of rotatable bonds is 4. The Morgan fingerprint density at radius 3 is 2.86 bits per heavy atom. The third kappa shape index (κ3) is 2.63. The van der Waals surface area contributed by atoms with Gasteiger partial charge in [0.25, 0.3) is 0 Å². The average molecular weight is 315 g/mol. The van der Waals surface area contributed by atoms with E-state index in [9.17, 15) is 10.1 Å². The molecule has 1 unspecified atom stereocenters. The van der Waals surface area contributed by atoms with E-state index in [4.69, 9.17) is 4.42 Å². The molecule has 5 nitrogen and oxygen atoms in total. The van der Waals surface area contributed by atoms with Gasteiger partial charge in [0.05, 0.1) is 12.3 Å². The van der Waals surface area contributed by atoms with Gasteiger partial charge in [-0.1, -0.05) is 0 Å². The van der Waals surface area contributed by atoms with Gasteiger partial charge in [-0.2, -0.15) is 5.26 Å². The molecule has 0 bridgehead atoms. The zero-order valence-electron chi connectivity index (χ0n) is 10.9. The van der Waals surface area contributed by atoms with Crippen LogP contribution in [0.2, 0.25) is 0 Å². The minimum absolute atomic E-state index is 0.288. The maximum absolute atomic E-state index is 12.4. The van der Waals surface area contributed by atoms with Crippen LogP contribution in [0.25, 0.3) is 10.6 Å². The monoisotopic (exact) mass is 315 g/mol. The fourth-order valence-corrected chi connectivity index (χ4v) is 3.42. The third-order valence-corrected chi connectivity index (χ3v) is 4.72. The molecule has 0 aliphatic carbocycles. The summed E-state index contributed by atoms with van der Waals surface area (Å²) >= 11 is 2.66. The van der Waals surface area contributed by atoms with Gasteiger partial charge in [-0.05, 0) is 13.0 Å². The summed E-state index contributed by atoms with van der Waals surface area (Å²) in [6.07, 6.45) is 3.12. The van der Waals surface area contributed by atoms with Crippen LogP contribution in [0.5, 0.6) is 0 Å². The average Bonchev–Trinajstić information content (AvgIpc) is 3.20. The molecule has 0 spiro atoms. The second-order valence-corrected chi connectivity index (χ2v) is 6.05. The Bertz CT molecular complexity index is 812. The van der Waals surface area contributed by atoms with Crippen molar-refractivity contribution in [1.29, 1.82) is 5.26 Å². The van der Waals surface area contributed by atoms with E-state index in [1.54, 1.807) is 24.0 Å². The molecule has 3 aromatic rings. The Morgan fingerprint density at radius 1 is 1.38 bits per heavy atom. The molecule has 21 heavy (non-hydrogen) atoms. The molecular formula is C14H9N3O2S2. The van der Waals surface area contributed by atoms with Crippen LogP contribution in [-0.2, 0) is 0 Å².